The number of rotatable bonds is 7. The molecule has 2 aromatic rings. The summed E-state index contributed by atoms with van der Waals surface area (Å²) in [4.78, 5) is 23.4. The van der Waals surface area contributed by atoms with Crippen molar-refractivity contribution in [2.24, 2.45) is 5.73 Å². The molecule has 0 atom stereocenters. The van der Waals surface area contributed by atoms with Gasteiger partial charge in [-0.2, -0.15) is 0 Å². The Balaban J connectivity index is 2.12. The summed E-state index contributed by atoms with van der Waals surface area (Å²) in [6, 6.07) is 11.3. The molecule has 2 amide bonds. The van der Waals surface area contributed by atoms with Crippen LogP contribution < -0.4 is 20.5 Å². The van der Waals surface area contributed by atoms with Crippen molar-refractivity contribution >= 4 is 17.5 Å². The highest BCUT2D eigenvalue weighted by Crippen LogP contribution is 2.28. The van der Waals surface area contributed by atoms with E-state index in [1.54, 1.807) is 42.5 Å². The SMILES string of the molecule is CCCOc1ccc(C(=O)Nc2ccc(C(N)=O)cc2)cc1OC. The van der Waals surface area contributed by atoms with Crippen LogP contribution in [0.15, 0.2) is 42.5 Å². The summed E-state index contributed by atoms with van der Waals surface area (Å²) in [7, 11) is 1.53. The van der Waals surface area contributed by atoms with Gasteiger partial charge in [-0.1, -0.05) is 6.92 Å². The zero-order valence-electron chi connectivity index (χ0n) is 13.7. The third kappa shape index (κ3) is 4.25. The van der Waals surface area contributed by atoms with Crippen LogP contribution in [0.2, 0.25) is 0 Å². The lowest BCUT2D eigenvalue weighted by Crippen LogP contribution is -2.13. The Morgan fingerprint density at radius 1 is 1.04 bits per heavy atom. The molecule has 0 bridgehead atoms. The standard InChI is InChI=1S/C18H20N2O4/c1-3-10-24-15-9-6-13(11-16(15)23-2)18(22)20-14-7-4-12(5-8-14)17(19)21/h4-9,11H,3,10H2,1-2H3,(H2,19,21)(H,20,22). The summed E-state index contributed by atoms with van der Waals surface area (Å²) >= 11 is 0. The van der Waals surface area contributed by atoms with Crippen LogP contribution in [0.25, 0.3) is 0 Å². The largest absolute Gasteiger partial charge is 0.493 e. The lowest BCUT2D eigenvalue weighted by molar-refractivity contribution is 0.0998. The highest BCUT2D eigenvalue weighted by atomic mass is 16.5. The molecule has 0 unspecified atom stereocenters. The van der Waals surface area contributed by atoms with Crippen molar-refractivity contribution in [3.63, 3.8) is 0 Å². The quantitative estimate of drug-likeness (QED) is 0.817. The summed E-state index contributed by atoms with van der Waals surface area (Å²) in [5.74, 6) is 0.296. The van der Waals surface area contributed by atoms with Gasteiger partial charge in [0.25, 0.3) is 5.91 Å². The fraction of sp³-hybridized carbons (Fsp3) is 0.222. The maximum atomic E-state index is 12.3. The van der Waals surface area contributed by atoms with Crippen molar-refractivity contribution in [1.82, 2.24) is 0 Å². The van der Waals surface area contributed by atoms with Crippen molar-refractivity contribution in [3.05, 3.63) is 53.6 Å². The summed E-state index contributed by atoms with van der Waals surface area (Å²) < 4.78 is 10.8. The van der Waals surface area contributed by atoms with E-state index in [0.717, 1.165) is 6.42 Å². The molecule has 0 aliphatic heterocycles. The van der Waals surface area contributed by atoms with E-state index in [-0.39, 0.29) is 5.91 Å². The number of hydrogen-bond acceptors (Lipinski definition) is 4. The van der Waals surface area contributed by atoms with Gasteiger partial charge >= 0.3 is 0 Å². The van der Waals surface area contributed by atoms with Crippen LogP contribution in [0, 0.1) is 0 Å². The first-order valence-electron chi connectivity index (χ1n) is 7.57. The predicted octanol–water partition coefficient (Wildman–Crippen LogP) is 2.84. The third-order valence-corrected chi connectivity index (χ3v) is 3.31. The lowest BCUT2D eigenvalue weighted by atomic mass is 10.1. The van der Waals surface area contributed by atoms with Gasteiger partial charge < -0.3 is 20.5 Å². The van der Waals surface area contributed by atoms with E-state index < -0.39 is 5.91 Å². The van der Waals surface area contributed by atoms with E-state index in [2.05, 4.69) is 5.32 Å². The Hall–Kier alpha value is -3.02. The van der Waals surface area contributed by atoms with Crippen LogP contribution in [-0.4, -0.2) is 25.5 Å². The van der Waals surface area contributed by atoms with E-state index >= 15 is 0 Å². The van der Waals surface area contributed by atoms with Crippen LogP contribution in [-0.2, 0) is 0 Å². The average Bonchev–Trinajstić information content (AvgIpc) is 2.60. The predicted molar refractivity (Wildman–Crippen MR) is 91.7 cm³/mol. The van der Waals surface area contributed by atoms with Gasteiger partial charge in [-0.25, -0.2) is 0 Å². The van der Waals surface area contributed by atoms with E-state index in [1.807, 2.05) is 6.92 Å². The Morgan fingerprint density at radius 3 is 2.29 bits per heavy atom. The number of methoxy groups -OCH3 is 1. The number of ether oxygens (including phenoxy) is 2. The molecule has 0 radical (unpaired) electrons. The Labute approximate surface area is 140 Å². The molecule has 0 fully saturated rings. The number of amides is 2. The number of carbonyl (C=O) groups excluding carboxylic acids is 2. The van der Waals surface area contributed by atoms with Crippen molar-refractivity contribution in [2.75, 3.05) is 19.0 Å². The molecule has 6 nitrogen and oxygen atoms in total. The first-order valence-corrected chi connectivity index (χ1v) is 7.57. The van der Waals surface area contributed by atoms with Gasteiger partial charge in [0.15, 0.2) is 11.5 Å². The minimum atomic E-state index is -0.514. The number of carbonyl (C=O) groups is 2. The monoisotopic (exact) mass is 328 g/mol. The van der Waals surface area contributed by atoms with Gasteiger partial charge in [-0.05, 0) is 48.9 Å². The van der Waals surface area contributed by atoms with Crippen LogP contribution in [0.4, 0.5) is 5.69 Å². The maximum absolute atomic E-state index is 12.3. The Bertz CT molecular complexity index is 726. The number of hydrogen-bond donors (Lipinski definition) is 2. The molecule has 0 saturated carbocycles. The van der Waals surface area contributed by atoms with Crippen LogP contribution in [0.3, 0.4) is 0 Å². The molecule has 0 aliphatic carbocycles. The molecule has 0 spiro atoms. The zero-order valence-corrected chi connectivity index (χ0v) is 13.7. The second-order valence-corrected chi connectivity index (χ2v) is 5.11. The van der Waals surface area contributed by atoms with Crippen molar-refractivity contribution in [3.8, 4) is 11.5 Å². The number of nitrogens with one attached hydrogen (secondary N) is 1. The summed E-state index contributed by atoms with van der Waals surface area (Å²) in [5.41, 5.74) is 6.57. The van der Waals surface area contributed by atoms with Gasteiger partial charge in [0.1, 0.15) is 0 Å². The van der Waals surface area contributed by atoms with Crippen molar-refractivity contribution in [1.29, 1.82) is 0 Å². The Morgan fingerprint density at radius 2 is 1.71 bits per heavy atom. The van der Waals surface area contributed by atoms with Crippen LogP contribution in [0.1, 0.15) is 34.1 Å². The van der Waals surface area contributed by atoms with E-state index in [1.165, 1.54) is 7.11 Å². The molecule has 6 heteroatoms. The van der Waals surface area contributed by atoms with Gasteiger partial charge in [0.05, 0.1) is 13.7 Å². The minimum absolute atomic E-state index is 0.290. The topological polar surface area (TPSA) is 90.6 Å². The molecular formula is C18H20N2O4. The van der Waals surface area contributed by atoms with E-state index in [9.17, 15) is 9.59 Å². The molecule has 2 rings (SSSR count). The van der Waals surface area contributed by atoms with Crippen LogP contribution >= 0.6 is 0 Å². The molecule has 0 aliphatic rings. The van der Waals surface area contributed by atoms with Crippen molar-refractivity contribution < 1.29 is 19.1 Å². The zero-order chi connectivity index (χ0) is 17.5. The van der Waals surface area contributed by atoms with E-state index in [4.69, 9.17) is 15.2 Å². The average molecular weight is 328 g/mol. The minimum Gasteiger partial charge on any atom is -0.493 e. The molecule has 24 heavy (non-hydrogen) atoms. The molecule has 0 heterocycles. The first kappa shape index (κ1) is 17.3. The fourth-order valence-electron chi connectivity index (χ4n) is 2.06. The first-order chi connectivity index (χ1) is 11.5. The highest BCUT2D eigenvalue weighted by Gasteiger charge is 2.12. The summed E-state index contributed by atoms with van der Waals surface area (Å²) in [6.07, 6.45) is 0.882. The second-order valence-electron chi connectivity index (χ2n) is 5.11. The lowest BCUT2D eigenvalue weighted by Gasteiger charge is -2.12. The molecule has 3 N–H and O–H groups in total. The fourth-order valence-corrected chi connectivity index (χ4v) is 2.06. The molecule has 2 aromatic carbocycles. The highest BCUT2D eigenvalue weighted by molar-refractivity contribution is 6.05. The van der Waals surface area contributed by atoms with Gasteiger partial charge in [-0.3, -0.25) is 9.59 Å². The van der Waals surface area contributed by atoms with Crippen LogP contribution in [0.5, 0.6) is 11.5 Å². The van der Waals surface area contributed by atoms with Gasteiger partial charge in [0.2, 0.25) is 5.91 Å². The molecule has 0 aromatic heterocycles. The number of primary amides is 1. The second kappa shape index (κ2) is 8.01. The number of anilines is 1. The van der Waals surface area contributed by atoms with Gasteiger partial charge in [0, 0.05) is 16.8 Å². The molecular weight excluding hydrogens is 308 g/mol. The third-order valence-electron chi connectivity index (χ3n) is 3.31. The van der Waals surface area contributed by atoms with Crippen molar-refractivity contribution in [2.45, 2.75) is 13.3 Å². The smallest absolute Gasteiger partial charge is 0.255 e. The Kier molecular flexibility index (Phi) is 5.78. The van der Waals surface area contributed by atoms with Gasteiger partial charge in [-0.15, -0.1) is 0 Å². The van der Waals surface area contributed by atoms with E-state index in [0.29, 0.717) is 34.9 Å². The summed E-state index contributed by atoms with van der Waals surface area (Å²) in [5, 5.41) is 2.75. The molecule has 126 valence electrons. The summed E-state index contributed by atoms with van der Waals surface area (Å²) in [6.45, 7) is 2.59. The normalized spacial score (nSPS) is 10.1. The molecule has 0 saturated heterocycles. The number of benzene rings is 2. The maximum Gasteiger partial charge on any atom is 0.255 e. The number of nitrogens with two attached hydrogens (primary N) is 1.